The average Bonchev–Trinajstić information content (AvgIpc) is 3.32. The summed E-state index contributed by atoms with van der Waals surface area (Å²) in [6, 6.07) is 9.60. The third-order valence-corrected chi connectivity index (χ3v) is 5.71. The van der Waals surface area contributed by atoms with Crippen LogP contribution in [0.2, 0.25) is 5.02 Å². The molecule has 3 aromatic rings. The molecule has 1 aromatic carbocycles. The SMILES string of the molecule is NOC(=O)c1cccc(C2=C(c3cc(C(F)(F)F)cnc3OCc3ccc(Cl)cc3F)CCC2)n1. The van der Waals surface area contributed by atoms with Crippen LogP contribution in [-0.4, -0.2) is 15.9 Å². The predicted octanol–water partition coefficient (Wildman–Crippen LogP) is 5.99. The topological polar surface area (TPSA) is 87.3 Å². The molecule has 0 unspecified atom stereocenters. The quantitative estimate of drug-likeness (QED) is 0.325. The molecule has 4 rings (SSSR count). The van der Waals surface area contributed by atoms with Crippen LogP contribution in [0.4, 0.5) is 17.6 Å². The van der Waals surface area contributed by atoms with E-state index in [0.717, 1.165) is 12.1 Å². The highest BCUT2D eigenvalue weighted by atomic mass is 35.5. The van der Waals surface area contributed by atoms with Gasteiger partial charge in [0, 0.05) is 22.3 Å². The van der Waals surface area contributed by atoms with Crippen molar-refractivity contribution in [1.29, 1.82) is 0 Å². The van der Waals surface area contributed by atoms with Crippen molar-refractivity contribution in [2.45, 2.75) is 32.0 Å². The number of allylic oxidation sites excluding steroid dienone is 2. The second-order valence-electron chi connectivity index (χ2n) is 7.72. The molecule has 0 aliphatic heterocycles. The Bertz CT molecular complexity index is 1310. The van der Waals surface area contributed by atoms with Crippen molar-refractivity contribution in [1.82, 2.24) is 9.97 Å². The van der Waals surface area contributed by atoms with Crippen molar-refractivity contribution in [3.63, 3.8) is 0 Å². The Morgan fingerprint density at radius 1 is 1.11 bits per heavy atom. The highest BCUT2D eigenvalue weighted by Crippen LogP contribution is 2.43. The van der Waals surface area contributed by atoms with Gasteiger partial charge in [-0.1, -0.05) is 23.7 Å². The third kappa shape index (κ3) is 5.44. The summed E-state index contributed by atoms with van der Waals surface area (Å²) in [6.07, 6.45) is -2.39. The molecule has 0 radical (unpaired) electrons. The molecule has 2 heterocycles. The van der Waals surface area contributed by atoms with E-state index in [1.807, 2.05) is 0 Å². The number of nitrogens with zero attached hydrogens (tertiary/aromatic N) is 2. The Hall–Kier alpha value is -3.50. The normalized spacial score (nSPS) is 13.8. The summed E-state index contributed by atoms with van der Waals surface area (Å²) < 4.78 is 60.4. The van der Waals surface area contributed by atoms with Crippen molar-refractivity contribution in [3.05, 3.63) is 87.6 Å². The lowest BCUT2D eigenvalue weighted by molar-refractivity contribution is -0.137. The number of carbonyl (C=O) groups excluding carboxylic acids is 1. The van der Waals surface area contributed by atoms with Crippen molar-refractivity contribution < 1.29 is 31.9 Å². The molecule has 2 aromatic heterocycles. The number of alkyl halides is 3. The fourth-order valence-corrected chi connectivity index (χ4v) is 3.98. The van der Waals surface area contributed by atoms with Crippen LogP contribution in [0.25, 0.3) is 11.1 Å². The van der Waals surface area contributed by atoms with Crippen LogP contribution >= 0.6 is 11.6 Å². The number of rotatable bonds is 6. The monoisotopic (exact) mass is 507 g/mol. The zero-order valence-corrected chi connectivity index (χ0v) is 18.8. The van der Waals surface area contributed by atoms with Crippen LogP contribution in [-0.2, 0) is 17.6 Å². The van der Waals surface area contributed by atoms with Crippen LogP contribution in [0.3, 0.4) is 0 Å². The molecule has 35 heavy (non-hydrogen) atoms. The van der Waals surface area contributed by atoms with Crippen molar-refractivity contribution in [2.75, 3.05) is 0 Å². The zero-order valence-electron chi connectivity index (χ0n) is 18.0. The maximum absolute atomic E-state index is 14.2. The average molecular weight is 508 g/mol. The molecular weight excluding hydrogens is 490 g/mol. The first-order valence-electron chi connectivity index (χ1n) is 10.4. The lowest BCUT2D eigenvalue weighted by atomic mass is 9.99. The number of benzene rings is 1. The number of pyridine rings is 2. The van der Waals surface area contributed by atoms with Gasteiger partial charge in [-0.2, -0.15) is 19.1 Å². The number of ether oxygens (including phenoxy) is 1. The van der Waals surface area contributed by atoms with Crippen LogP contribution in [0.15, 0.2) is 48.7 Å². The highest BCUT2D eigenvalue weighted by Gasteiger charge is 2.33. The van der Waals surface area contributed by atoms with E-state index in [0.29, 0.717) is 42.3 Å². The number of carbonyl (C=O) groups is 1. The van der Waals surface area contributed by atoms with Gasteiger partial charge in [0.1, 0.15) is 12.4 Å². The number of nitrogens with two attached hydrogens (primary N) is 1. The molecule has 11 heteroatoms. The molecule has 1 aliphatic carbocycles. The Morgan fingerprint density at radius 2 is 1.89 bits per heavy atom. The Labute approximate surface area is 202 Å². The van der Waals surface area contributed by atoms with E-state index in [1.165, 1.54) is 18.2 Å². The molecule has 182 valence electrons. The van der Waals surface area contributed by atoms with E-state index < -0.39 is 23.5 Å². The standard InChI is InChI=1S/C24H18ClF4N3O3/c25-15-8-7-13(19(26)10-15)12-34-22-18(9-14(11-31-22)24(27,28)29)16-3-1-4-17(16)20-5-2-6-21(32-20)23(33)35-30/h2,5-11H,1,3-4,12,30H2. The summed E-state index contributed by atoms with van der Waals surface area (Å²) >= 11 is 5.77. The van der Waals surface area contributed by atoms with E-state index in [-0.39, 0.29) is 34.3 Å². The lowest BCUT2D eigenvalue weighted by Crippen LogP contribution is -2.12. The molecule has 0 fully saturated rings. The first-order chi connectivity index (χ1) is 16.7. The number of halogens is 5. The summed E-state index contributed by atoms with van der Waals surface area (Å²) in [4.78, 5) is 24.2. The maximum Gasteiger partial charge on any atom is 0.417 e. The van der Waals surface area contributed by atoms with Gasteiger partial charge in [-0.05, 0) is 60.7 Å². The minimum absolute atomic E-state index is 0.0411. The zero-order chi connectivity index (χ0) is 25.2. The van der Waals surface area contributed by atoms with Crippen LogP contribution < -0.4 is 10.6 Å². The largest absolute Gasteiger partial charge is 0.472 e. The minimum atomic E-state index is -4.63. The van der Waals surface area contributed by atoms with Crippen molar-refractivity contribution in [3.8, 4) is 5.88 Å². The second kappa shape index (κ2) is 10.0. The molecule has 0 spiro atoms. The molecule has 0 saturated carbocycles. The summed E-state index contributed by atoms with van der Waals surface area (Å²) in [6.45, 7) is -0.271. The van der Waals surface area contributed by atoms with Gasteiger partial charge in [0.05, 0.1) is 11.3 Å². The molecule has 6 nitrogen and oxygen atoms in total. The summed E-state index contributed by atoms with van der Waals surface area (Å²) in [5.41, 5.74) is 0.867. The molecule has 0 atom stereocenters. The second-order valence-corrected chi connectivity index (χ2v) is 8.16. The molecule has 0 bridgehead atoms. The minimum Gasteiger partial charge on any atom is -0.472 e. The Morgan fingerprint density at radius 3 is 2.60 bits per heavy atom. The first-order valence-corrected chi connectivity index (χ1v) is 10.8. The van der Waals surface area contributed by atoms with E-state index in [9.17, 15) is 22.4 Å². The van der Waals surface area contributed by atoms with Gasteiger partial charge in [-0.15, -0.1) is 0 Å². The number of hydrogen-bond acceptors (Lipinski definition) is 6. The summed E-state index contributed by atoms with van der Waals surface area (Å²) in [5.74, 6) is 3.40. The molecule has 0 saturated heterocycles. The lowest BCUT2D eigenvalue weighted by Gasteiger charge is -2.16. The van der Waals surface area contributed by atoms with Crippen molar-refractivity contribution in [2.24, 2.45) is 5.90 Å². The van der Waals surface area contributed by atoms with E-state index in [1.54, 1.807) is 12.1 Å². The van der Waals surface area contributed by atoms with Gasteiger partial charge >= 0.3 is 12.1 Å². The molecule has 0 amide bonds. The molecule has 1 aliphatic rings. The van der Waals surface area contributed by atoms with Gasteiger partial charge in [-0.3, -0.25) is 0 Å². The Balaban J connectivity index is 1.78. The number of aromatic nitrogens is 2. The van der Waals surface area contributed by atoms with Gasteiger partial charge in [0.25, 0.3) is 0 Å². The van der Waals surface area contributed by atoms with Gasteiger partial charge in [-0.25, -0.2) is 19.2 Å². The highest BCUT2D eigenvalue weighted by molar-refractivity contribution is 6.30. The maximum atomic E-state index is 14.2. The fourth-order valence-electron chi connectivity index (χ4n) is 3.82. The number of hydrogen-bond donors (Lipinski definition) is 1. The van der Waals surface area contributed by atoms with E-state index >= 15 is 0 Å². The van der Waals surface area contributed by atoms with Gasteiger partial charge in [0.15, 0.2) is 5.69 Å². The summed E-state index contributed by atoms with van der Waals surface area (Å²) in [5, 5.41) is 0.202. The van der Waals surface area contributed by atoms with Gasteiger partial charge < -0.3 is 9.57 Å². The predicted molar refractivity (Wildman–Crippen MR) is 119 cm³/mol. The van der Waals surface area contributed by atoms with Crippen molar-refractivity contribution >= 4 is 28.7 Å². The smallest absolute Gasteiger partial charge is 0.417 e. The Kier molecular flexibility index (Phi) is 7.04. The fraction of sp³-hybridized carbons (Fsp3) is 0.208. The summed E-state index contributed by atoms with van der Waals surface area (Å²) in [7, 11) is 0. The van der Waals surface area contributed by atoms with Crippen LogP contribution in [0.1, 0.15) is 52.1 Å². The molecular formula is C24H18ClF4N3O3. The van der Waals surface area contributed by atoms with Gasteiger partial charge in [0.2, 0.25) is 5.88 Å². The third-order valence-electron chi connectivity index (χ3n) is 5.48. The molecule has 2 N–H and O–H groups in total. The van der Waals surface area contributed by atoms with Crippen LogP contribution in [0.5, 0.6) is 5.88 Å². The van der Waals surface area contributed by atoms with E-state index in [2.05, 4.69) is 14.8 Å². The van der Waals surface area contributed by atoms with E-state index in [4.69, 9.17) is 22.2 Å². The van der Waals surface area contributed by atoms with Crippen LogP contribution in [0, 0.1) is 5.82 Å². The first kappa shape index (κ1) is 24.6.